The van der Waals surface area contributed by atoms with E-state index in [0.29, 0.717) is 48.8 Å². The smallest absolute Gasteiger partial charge is 0.254 e. The molecule has 144 valence electrons. The van der Waals surface area contributed by atoms with Crippen LogP contribution in [0.25, 0.3) is 22.2 Å². The summed E-state index contributed by atoms with van der Waals surface area (Å²) >= 11 is 0. The van der Waals surface area contributed by atoms with Crippen LogP contribution < -0.4 is 4.74 Å². The van der Waals surface area contributed by atoms with Crippen molar-refractivity contribution in [1.29, 1.82) is 0 Å². The second kappa shape index (κ2) is 7.90. The van der Waals surface area contributed by atoms with Gasteiger partial charge in [0, 0.05) is 48.9 Å². The summed E-state index contributed by atoms with van der Waals surface area (Å²) in [5.41, 5.74) is 2.76. The minimum absolute atomic E-state index is 0.0202. The maximum absolute atomic E-state index is 13.2. The van der Waals surface area contributed by atoms with Gasteiger partial charge < -0.3 is 14.4 Å². The molecule has 0 bridgehead atoms. The van der Waals surface area contributed by atoms with Gasteiger partial charge in [0.1, 0.15) is 11.6 Å². The molecule has 7 heteroatoms. The highest BCUT2D eigenvalue weighted by molar-refractivity contribution is 6.07. The summed E-state index contributed by atoms with van der Waals surface area (Å²) in [7, 11) is 1.61. The fourth-order valence-electron chi connectivity index (χ4n) is 3.27. The van der Waals surface area contributed by atoms with E-state index in [9.17, 15) is 4.79 Å². The van der Waals surface area contributed by atoms with E-state index in [0.717, 1.165) is 23.2 Å². The number of fused-ring (bicyclic) bond motifs is 1. The van der Waals surface area contributed by atoms with E-state index >= 15 is 0 Å². The van der Waals surface area contributed by atoms with Crippen molar-refractivity contribution in [3.63, 3.8) is 0 Å². The van der Waals surface area contributed by atoms with E-state index in [4.69, 9.17) is 14.5 Å². The summed E-state index contributed by atoms with van der Waals surface area (Å²) in [5, 5.41) is 0.798. The third kappa shape index (κ3) is 3.53. The molecule has 28 heavy (non-hydrogen) atoms. The number of nitrogens with zero attached hydrogens (tertiary/aromatic N) is 4. The lowest BCUT2D eigenvalue weighted by molar-refractivity contribution is 0.0304. The minimum atomic E-state index is -0.0202. The molecule has 0 unspecified atom stereocenters. The number of methoxy groups -OCH3 is 1. The third-order valence-corrected chi connectivity index (χ3v) is 4.86. The molecule has 0 radical (unpaired) electrons. The van der Waals surface area contributed by atoms with Gasteiger partial charge >= 0.3 is 0 Å². The Balaban J connectivity index is 1.84. The molecule has 1 aliphatic heterocycles. The molecule has 0 N–H and O–H groups in total. The van der Waals surface area contributed by atoms with Gasteiger partial charge in [-0.15, -0.1) is 0 Å². The molecule has 1 saturated heterocycles. The number of aromatic nitrogens is 3. The molecule has 1 aliphatic rings. The monoisotopic (exact) mass is 378 g/mol. The Morgan fingerprint density at radius 1 is 1.18 bits per heavy atom. The standard InChI is InChI=1S/C21H22N4O3/c1-3-20-22-12-14(13-23-20)18-11-17(21(26)25-6-8-28-9-7-25)16-5-4-15(27-2)10-19(16)24-18/h4-5,10-13H,3,6-9H2,1-2H3. The zero-order valence-electron chi connectivity index (χ0n) is 16.0. The molecule has 0 saturated carbocycles. The summed E-state index contributed by atoms with van der Waals surface area (Å²) in [6.45, 7) is 4.29. The molecule has 2 aromatic heterocycles. The fourth-order valence-corrected chi connectivity index (χ4v) is 3.27. The van der Waals surface area contributed by atoms with Gasteiger partial charge in [-0.3, -0.25) is 4.79 Å². The van der Waals surface area contributed by atoms with Crippen LogP contribution in [-0.4, -0.2) is 59.2 Å². The van der Waals surface area contributed by atoms with Crippen molar-refractivity contribution < 1.29 is 14.3 Å². The van der Waals surface area contributed by atoms with Crippen LogP contribution in [0.2, 0.25) is 0 Å². The molecular weight excluding hydrogens is 356 g/mol. The van der Waals surface area contributed by atoms with Gasteiger partial charge in [0.2, 0.25) is 0 Å². The minimum Gasteiger partial charge on any atom is -0.497 e. The SMILES string of the molecule is CCc1ncc(-c2cc(C(=O)N3CCOCC3)c3ccc(OC)cc3n2)cn1. The Kier molecular flexibility index (Phi) is 5.16. The molecule has 3 aromatic rings. The van der Waals surface area contributed by atoms with Crippen LogP contribution in [0.15, 0.2) is 36.7 Å². The van der Waals surface area contributed by atoms with Gasteiger partial charge in [-0.2, -0.15) is 0 Å². The van der Waals surface area contributed by atoms with E-state index in [1.54, 1.807) is 19.5 Å². The van der Waals surface area contributed by atoms with Crippen molar-refractivity contribution >= 4 is 16.8 Å². The highest BCUT2D eigenvalue weighted by Crippen LogP contribution is 2.28. The first-order chi connectivity index (χ1) is 13.7. The van der Waals surface area contributed by atoms with Gasteiger partial charge in [-0.1, -0.05) is 6.92 Å². The van der Waals surface area contributed by atoms with Crippen molar-refractivity contribution in [3.8, 4) is 17.0 Å². The Labute approximate surface area is 163 Å². The Bertz CT molecular complexity index is 998. The quantitative estimate of drug-likeness (QED) is 0.695. The summed E-state index contributed by atoms with van der Waals surface area (Å²) in [4.78, 5) is 28.5. The van der Waals surface area contributed by atoms with Crippen LogP contribution in [0.1, 0.15) is 23.1 Å². The number of rotatable bonds is 4. The van der Waals surface area contributed by atoms with Crippen molar-refractivity contribution in [1.82, 2.24) is 19.9 Å². The molecule has 0 aliphatic carbocycles. The Morgan fingerprint density at radius 2 is 1.93 bits per heavy atom. The maximum Gasteiger partial charge on any atom is 0.254 e. The number of carbonyl (C=O) groups is 1. The molecule has 1 aromatic carbocycles. The van der Waals surface area contributed by atoms with Crippen LogP contribution in [0.5, 0.6) is 5.75 Å². The number of pyridine rings is 1. The highest BCUT2D eigenvalue weighted by Gasteiger charge is 2.22. The average Bonchev–Trinajstić information content (AvgIpc) is 2.78. The van der Waals surface area contributed by atoms with Gasteiger partial charge in [-0.25, -0.2) is 15.0 Å². The number of carbonyl (C=O) groups excluding carboxylic acids is 1. The summed E-state index contributed by atoms with van der Waals surface area (Å²) in [5.74, 6) is 1.45. The predicted octanol–water partition coefficient (Wildman–Crippen LogP) is 2.74. The summed E-state index contributed by atoms with van der Waals surface area (Å²) in [6.07, 6.45) is 4.27. The van der Waals surface area contributed by atoms with Crippen molar-refractivity contribution in [2.24, 2.45) is 0 Å². The highest BCUT2D eigenvalue weighted by atomic mass is 16.5. The summed E-state index contributed by atoms with van der Waals surface area (Å²) < 4.78 is 10.7. The Hall–Kier alpha value is -3.06. The number of amides is 1. The van der Waals surface area contributed by atoms with Gasteiger partial charge in [0.25, 0.3) is 5.91 Å². The number of ether oxygens (including phenoxy) is 2. The molecule has 4 rings (SSSR count). The topological polar surface area (TPSA) is 77.4 Å². The Morgan fingerprint density at radius 3 is 2.61 bits per heavy atom. The molecule has 7 nitrogen and oxygen atoms in total. The molecule has 3 heterocycles. The van der Waals surface area contributed by atoms with Crippen molar-refractivity contribution in [2.45, 2.75) is 13.3 Å². The molecular formula is C21H22N4O3. The van der Waals surface area contributed by atoms with Gasteiger partial charge in [0.15, 0.2) is 0 Å². The second-order valence-electron chi connectivity index (χ2n) is 6.58. The van der Waals surface area contributed by atoms with Crippen LogP contribution in [-0.2, 0) is 11.2 Å². The first-order valence-corrected chi connectivity index (χ1v) is 9.36. The molecule has 0 atom stereocenters. The van der Waals surface area contributed by atoms with Crippen LogP contribution in [0.3, 0.4) is 0 Å². The summed E-state index contributed by atoms with van der Waals surface area (Å²) in [6, 6.07) is 7.40. The maximum atomic E-state index is 13.2. The first kappa shape index (κ1) is 18.3. The zero-order chi connectivity index (χ0) is 19.5. The average molecular weight is 378 g/mol. The first-order valence-electron chi connectivity index (χ1n) is 9.36. The van der Waals surface area contributed by atoms with Crippen LogP contribution in [0, 0.1) is 0 Å². The number of benzene rings is 1. The zero-order valence-corrected chi connectivity index (χ0v) is 16.0. The van der Waals surface area contributed by atoms with Crippen molar-refractivity contribution in [3.05, 3.63) is 48.0 Å². The van der Waals surface area contributed by atoms with E-state index in [2.05, 4.69) is 9.97 Å². The lowest BCUT2D eigenvalue weighted by atomic mass is 10.0. The molecule has 1 fully saturated rings. The van der Waals surface area contributed by atoms with E-state index < -0.39 is 0 Å². The number of morpholine rings is 1. The van der Waals surface area contributed by atoms with Gasteiger partial charge in [0.05, 0.1) is 37.1 Å². The third-order valence-electron chi connectivity index (χ3n) is 4.86. The predicted molar refractivity (Wildman–Crippen MR) is 105 cm³/mol. The largest absolute Gasteiger partial charge is 0.497 e. The number of hydrogen-bond donors (Lipinski definition) is 0. The second-order valence-corrected chi connectivity index (χ2v) is 6.58. The van der Waals surface area contributed by atoms with Crippen LogP contribution >= 0.6 is 0 Å². The molecule has 0 spiro atoms. The van der Waals surface area contributed by atoms with Crippen molar-refractivity contribution in [2.75, 3.05) is 33.4 Å². The van der Waals surface area contributed by atoms with Gasteiger partial charge in [-0.05, 0) is 18.2 Å². The van der Waals surface area contributed by atoms with E-state index in [-0.39, 0.29) is 5.91 Å². The number of hydrogen-bond acceptors (Lipinski definition) is 6. The fraction of sp³-hybridized carbons (Fsp3) is 0.333. The van der Waals surface area contributed by atoms with Crippen LogP contribution in [0.4, 0.5) is 0 Å². The molecule has 1 amide bonds. The lowest BCUT2D eigenvalue weighted by Gasteiger charge is -2.27. The van der Waals surface area contributed by atoms with E-state index in [1.807, 2.05) is 36.1 Å². The lowest BCUT2D eigenvalue weighted by Crippen LogP contribution is -2.40. The van der Waals surface area contributed by atoms with E-state index in [1.165, 1.54) is 0 Å². The number of aryl methyl sites for hydroxylation is 1. The normalized spacial score (nSPS) is 14.3.